The molecule has 0 aromatic carbocycles. The molecule has 1 heterocycles. The van der Waals surface area contributed by atoms with Gasteiger partial charge in [0.2, 0.25) is 0 Å². The summed E-state index contributed by atoms with van der Waals surface area (Å²) < 4.78 is 5.29. The Morgan fingerprint density at radius 1 is 1.43 bits per heavy atom. The first kappa shape index (κ1) is 16.2. The third kappa shape index (κ3) is 5.63. The molecule has 1 aliphatic carbocycles. The van der Waals surface area contributed by atoms with Crippen LogP contribution >= 0.6 is 11.3 Å². The number of ether oxygens (including phenoxy) is 1. The predicted octanol–water partition coefficient (Wildman–Crippen LogP) is 2.99. The van der Waals surface area contributed by atoms with E-state index in [1.807, 2.05) is 27.0 Å². The first-order valence-electron chi connectivity index (χ1n) is 7.46. The largest absolute Gasteiger partial charge is 0.444 e. The van der Waals surface area contributed by atoms with Crippen LogP contribution in [0.3, 0.4) is 0 Å². The Morgan fingerprint density at radius 3 is 2.76 bits per heavy atom. The fraction of sp³-hybridized carbons (Fsp3) is 0.733. The van der Waals surface area contributed by atoms with E-state index in [2.05, 4.69) is 22.5 Å². The molecule has 2 N–H and O–H groups in total. The Bertz CT molecular complexity index is 482. The lowest BCUT2D eigenvalue weighted by Gasteiger charge is -2.21. The van der Waals surface area contributed by atoms with Crippen molar-refractivity contribution >= 4 is 17.4 Å². The van der Waals surface area contributed by atoms with Crippen molar-refractivity contribution in [3.05, 3.63) is 16.1 Å². The molecule has 1 aromatic heterocycles. The highest BCUT2D eigenvalue weighted by Gasteiger charge is 2.27. The van der Waals surface area contributed by atoms with Crippen LogP contribution in [-0.4, -0.2) is 28.8 Å². The van der Waals surface area contributed by atoms with Gasteiger partial charge in [0, 0.05) is 29.7 Å². The van der Waals surface area contributed by atoms with Crippen LogP contribution in [0.15, 0.2) is 6.20 Å². The van der Waals surface area contributed by atoms with E-state index in [4.69, 9.17) is 4.74 Å². The molecule has 21 heavy (non-hydrogen) atoms. The van der Waals surface area contributed by atoms with Crippen molar-refractivity contribution < 1.29 is 9.53 Å². The van der Waals surface area contributed by atoms with Gasteiger partial charge in [0.05, 0.1) is 0 Å². The minimum atomic E-state index is -0.441. The highest BCUT2D eigenvalue weighted by molar-refractivity contribution is 7.11. The minimum absolute atomic E-state index is 0.204. The molecular weight excluding hydrogens is 286 g/mol. The molecule has 1 aromatic rings. The number of carbonyl (C=O) groups excluding carboxylic acids is 1. The molecule has 2 atom stereocenters. The quantitative estimate of drug-likeness (QED) is 0.897. The van der Waals surface area contributed by atoms with Crippen LogP contribution < -0.4 is 10.6 Å². The van der Waals surface area contributed by atoms with E-state index in [9.17, 15) is 4.79 Å². The molecule has 2 rings (SSSR count). The lowest BCUT2D eigenvalue weighted by molar-refractivity contribution is 0.0505. The molecule has 6 heteroatoms. The number of alkyl carbamates (subject to hydrolysis) is 1. The summed E-state index contributed by atoms with van der Waals surface area (Å²) in [6.07, 6.45) is 4.61. The number of aryl methyl sites for hydroxylation is 1. The Morgan fingerprint density at radius 2 is 2.14 bits per heavy atom. The zero-order valence-electron chi connectivity index (χ0n) is 13.2. The van der Waals surface area contributed by atoms with Crippen LogP contribution in [0.25, 0.3) is 0 Å². The van der Waals surface area contributed by atoms with E-state index >= 15 is 0 Å². The topological polar surface area (TPSA) is 63.2 Å². The van der Waals surface area contributed by atoms with Gasteiger partial charge in [0.15, 0.2) is 0 Å². The second-order valence-electron chi connectivity index (χ2n) is 6.60. The van der Waals surface area contributed by atoms with Crippen LogP contribution in [-0.2, 0) is 11.3 Å². The van der Waals surface area contributed by atoms with E-state index in [0.29, 0.717) is 6.04 Å². The maximum Gasteiger partial charge on any atom is 0.407 e. The van der Waals surface area contributed by atoms with Gasteiger partial charge >= 0.3 is 6.09 Å². The van der Waals surface area contributed by atoms with Gasteiger partial charge in [-0.05, 0) is 47.0 Å². The number of hydrogen-bond acceptors (Lipinski definition) is 5. The molecule has 118 valence electrons. The van der Waals surface area contributed by atoms with Gasteiger partial charge in [-0.25, -0.2) is 9.78 Å². The lowest BCUT2D eigenvalue weighted by atomic mass is 10.2. The summed E-state index contributed by atoms with van der Waals surface area (Å²) in [6, 6.07) is 0.643. The minimum Gasteiger partial charge on any atom is -0.444 e. The molecule has 0 spiro atoms. The summed E-state index contributed by atoms with van der Waals surface area (Å²) in [4.78, 5) is 17.3. The van der Waals surface area contributed by atoms with Gasteiger partial charge in [0.1, 0.15) is 10.6 Å². The third-order valence-electron chi connectivity index (χ3n) is 3.36. The summed E-state index contributed by atoms with van der Waals surface area (Å²) in [5.74, 6) is 0. The summed E-state index contributed by atoms with van der Waals surface area (Å²) in [7, 11) is 0. The molecule has 0 saturated heterocycles. The Hall–Kier alpha value is -1.14. The van der Waals surface area contributed by atoms with Gasteiger partial charge in [-0.1, -0.05) is 0 Å². The first-order chi connectivity index (χ1) is 9.82. The average Bonchev–Trinajstić information content (AvgIpc) is 2.93. The summed E-state index contributed by atoms with van der Waals surface area (Å²) in [5.41, 5.74) is -0.441. The normalized spacial score (nSPS) is 22.3. The molecule has 0 bridgehead atoms. The molecule has 2 unspecified atom stereocenters. The predicted molar refractivity (Wildman–Crippen MR) is 84.5 cm³/mol. The number of carbonyl (C=O) groups is 1. The van der Waals surface area contributed by atoms with Crippen LogP contribution in [0, 0.1) is 6.92 Å². The fourth-order valence-corrected chi connectivity index (χ4v) is 3.23. The number of nitrogens with zero attached hydrogens (tertiary/aromatic N) is 1. The zero-order valence-corrected chi connectivity index (χ0v) is 14.0. The van der Waals surface area contributed by atoms with Crippen molar-refractivity contribution in [3.63, 3.8) is 0 Å². The maximum absolute atomic E-state index is 11.7. The van der Waals surface area contributed by atoms with Crippen molar-refractivity contribution in [1.29, 1.82) is 0 Å². The molecule has 5 nitrogen and oxygen atoms in total. The fourth-order valence-electron chi connectivity index (χ4n) is 2.49. The second kappa shape index (κ2) is 6.75. The molecule has 0 aliphatic heterocycles. The Labute approximate surface area is 130 Å². The van der Waals surface area contributed by atoms with Gasteiger partial charge in [-0.2, -0.15) is 0 Å². The zero-order chi connectivity index (χ0) is 15.5. The molecule has 1 saturated carbocycles. The second-order valence-corrected chi connectivity index (χ2v) is 7.92. The summed E-state index contributed by atoms with van der Waals surface area (Å²) in [5, 5.41) is 7.59. The van der Waals surface area contributed by atoms with Crippen molar-refractivity contribution in [2.75, 3.05) is 0 Å². The number of nitrogens with one attached hydrogen (secondary N) is 2. The van der Waals surface area contributed by atoms with Crippen molar-refractivity contribution in [1.82, 2.24) is 15.6 Å². The monoisotopic (exact) mass is 311 g/mol. The molecule has 1 aliphatic rings. The number of thiazole rings is 1. The Kier molecular flexibility index (Phi) is 5.22. The van der Waals surface area contributed by atoms with E-state index in [1.165, 1.54) is 4.88 Å². The molecule has 1 amide bonds. The van der Waals surface area contributed by atoms with Gasteiger partial charge in [0.25, 0.3) is 0 Å². The summed E-state index contributed by atoms with van der Waals surface area (Å²) >= 11 is 1.73. The van der Waals surface area contributed by atoms with Crippen LogP contribution in [0.1, 0.15) is 49.9 Å². The van der Waals surface area contributed by atoms with E-state index in [-0.39, 0.29) is 12.1 Å². The van der Waals surface area contributed by atoms with E-state index < -0.39 is 5.60 Å². The Balaban J connectivity index is 1.70. The number of hydrogen-bond donors (Lipinski definition) is 2. The molecule has 0 radical (unpaired) electrons. The van der Waals surface area contributed by atoms with Crippen molar-refractivity contribution in [3.8, 4) is 0 Å². The smallest absolute Gasteiger partial charge is 0.407 e. The number of aromatic nitrogens is 1. The maximum atomic E-state index is 11.7. The average molecular weight is 311 g/mol. The first-order valence-corrected chi connectivity index (χ1v) is 8.28. The summed E-state index contributed by atoms with van der Waals surface area (Å²) in [6.45, 7) is 8.50. The SMILES string of the molecule is Cc1cnc(CNC2CCC(NC(=O)OC(C)(C)C)C2)s1. The standard InChI is InChI=1S/C15H25N3O2S/c1-10-8-17-13(21-10)9-16-11-5-6-12(7-11)18-14(19)20-15(2,3)4/h8,11-12,16H,5-7,9H2,1-4H3,(H,18,19). The van der Waals surface area contributed by atoms with Gasteiger partial charge in [-0.3, -0.25) is 0 Å². The van der Waals surface area contributed by atoms with E-state index in [1.54, 1.807) is 11.3 Å². The molecular formula is C15H25N3O2S. The third-order valence-corrected chi connectivity index (χ3v) is 4.28. The van der Waals surface area contributed by atoms with Crippen LogP contribution in [0.2, 0.25) is 0 Å². The van der Waals surface area contributed by atoms with E-state index in [0.717, 1.165) is 30.8 Å². The number of rotatable bonds is 4. The van der Waals surface area contributed by atoms with Crippen molar-refractivity contribution in [2.45, 2.75) is 71.2 Å². The number of amides is 1. The van der Waals surface area contributed by atoms with Gasteiger partial charge < -0.3 is 15.4 Å². The van der Waals surface area contributed by atoms with Crippen LogP contribution in [0.5, 0.6) is 0 Å². The van der Waals surface area contributed by atoms with Gasteiger partial charge in [-0.15, -0.1) is 11.3 Å². The van der Waals surface area contributed by atoms with Crippen LogP contribution in [0.4, 0.5) is 4.79 Å². The lowest BCUT2D eigenvalue weighted by Crippen LogP contribution is -2.38. The molecule has 1 fully saturated rings. The highest BCUT2D eigenvalue weighted by Crippen LogP contribution is 2.21. The highest BCUT2D eigenvalue weighted by atomic mass is 32.1. The van der Waals surface area contributed by atoms with Crippen molar-refractivity contribution in [2.24, 2.45) is 0 Å².